The number of aryl methyl sites for hydroxylation is 3. The highest BCUT2D eigenvalue weighted by molar-refractivity contribution is 7.26. The molecule has 3 heterocycles. The van der Waals surface area contributed by atoms with Crippen LogP contribution in [0.25, 0.3) is 31.3 Å². The van der Waals surface area contributed by atoms with Crippen LogP contribution in [0, 0.1) is 20.8 Å². The monoisotopic (exact) mass is 1030 g/mol. The van der Waals surface area contributed by atoms with Crippen molar-refractivity contribution < 1.29 is 0 Å². The first-order valence-electron chi connectivity index (χ1n) is 29.3. The molecule has 2 nitrogen and oxygen atoms in total. The van der Waals surface area contributed by atoms with Gasteiger partial charge < -0.3 is 9.80 Å². The van der Waals surface area contributed by atoms with Crippen LogP contribution in [0.5, 0.6) is 0 Å². The molecule has 77 heavy (non-hydrogen) atoms. The topological polar surface area (TPSA) is 6.48 Å². The molecule has 2 aliphatic heterocycles. The van der Waals surface area contributed by atoms with E-state index in [1.165, 1.54) is 176 Å². The summed E-state index contributed by atoms with van der Waals surface area (Å²) in [5, 5.41) is 2.73. The van der Waals surface area contributed by atoms with E-state index in [4.69, 9.17) is 0 Å². The summed E-state index contributed by atoms with van der Waals surface area (Å²) in [7, 11) is 0. The highest BCUT2D eigenvalue weighted by atomic mass is 32.1. The molecule has 13 rings (SSSR count). The predicted molar refractivity (Wildman–Crippen MR) is 338 cm³/mol. The van der Waals surface area contributed by atoms with E-state index in [2.05, 4.69) is 238 Å². The molecule has 0 unspecified atom stereocenters. The van der Waals surface area contributed by atoms with E-state index in [1.807, 2.05) is 11.3 Å². The first-order valence-corrected chi connectivity index (χ1v) is 30.1. The SMILES string of the molecule is Cc1cc2c(cc1N1c3cc4sc5cc(C(C)(C)C)ccc5c4cc3B3c4cc5c(cc4N(c4ccc6c(c4)C(C)(C)CCC6(C)C)c4cc(-c6c(C)cccc6C)cc1c43)C(C)(C)CCC5(C)C)C(C)(C)CCC2(C)C. The Bertz CT molecular complexity index is 3840. The molecule has 5 aliphatic rings. The zero-order chi connectivity index (χ0) is 54.6. The lowest BCUT2D eigenvalue weighted by atomic mass is 9.33. The van der Waals surface area contributed by atoms with Gasteiger partial charge in [0, 0.05) is 48.9 Å². The van der Waals surface area contributed by atoms with Crippen LogP contribution in [-0.2, 0) is 37.9 Å². The zero-order valence-corrected chi connectivity index (χ0v) is 50.8. The van der Waals surface area contributed by atoms with E-state index in [-0.39, 0.29) is 44.6 Å². The van der Waals surface area contributed by atoms with E-state index in [9.17, 15) is 0 Å². The highest BCUT2D eigenvalue weighted by Crippen LogP contribution is 2.56. The molecule has 0 saturated heterocycles. The van der Waals surface area contributed by atoms with Crippen LogP contribution < -0.4 is 26.2 Å². The summed E-state index contributed by atoms with van der Waals surface area (Å²) in [6.07, 6.45) is 7.07. The fourth-order valence-electron chi connectivity index (χ4n) is 15.4. The highest BCUT2D eigenvalue weighted by Gasteiger charge is 2.49. The third-order valence-electron chi connectivity index (χ3n) is 20.8. The Morgan fingerprint density at radius 3 is 1.48 bits per heavy atom. The molecular weight excluding hydrogens is 948 g/mol. The van der Waals surface area contributed by atoms with E-state index >= 15 is 0 Å². The van der Waals surface area contributed by atoms with Gasteiger partial charge in [0.15, 0.2) is 0 Å². The van der Waals surface area contributed by atoms with Crippen LogP contribution in [0.4, 0.5) is 34.1 Å². The van der Waals surface area contributed by atoms with Gasteiger partial charge in [-0.15, -0.1) is 11.3 Å². The fourth-order valence-corrected chi connectivity index (χ4v) is 16.6. The molecule has 394 valence electrons. The minimum atomic E-state index is -0.00911. The van der Waals surface area contributed by atoms with Crippen molar-refractivity contribution in [3.8, 4) is 11.1 Å². The van der Waals surface area contributed by atoms with Crippen molar-refractivity contribution in [2.24, 2.45) is 0 Å². The van der Waals surface area contributed by atoms with Gasteiger partial charge in [-0.05, 0) is 234 Å². The van der Waals surface area contributed by atoms with Gasteiger partial charge in [-0.2, -0.15) is 0 Å². The molecule has 1 aromatic heterocycles. The van der Waals surface area contributed by atoms with Crippen molar-refractivity contribution >= 4 is 88.7 Å². The van der Waals surface area contributed by atoms with E-state index < -0.39 is 0 Å². The van der Waals surface area contributed by atoms with Gasteiger partial charge in [0.05, 0.1) is 0 Å². The maximum atomic E-state index is 2.77. The average molecular weight is 1030 g/mol. The van der Waals surface area contributed by atoms with Crippen molar-refractivity contribution in [1.82, 2.24) is 0 Å². The Labute approximate surface area is 466 Å². The van der Waals surface area contributed by atoms with Crippen LogP contribution >= 0.6 is 11.3 Å². The van der Waals surface area contributed by atoms with Crippen LogP contribution in [0.2, 0.25) is 0 Å². The first-order chi connectivity index (χ1) is 36.0. The second-order valence-electron chi connectivity index (χ2n) is 29.9. The quantitative estimate of drug-likeness (QED) is 0.163. The van der Waals surface area contributed by atoms with Crippen molar-refractivity contribution in [2.75, 3.05) is 9.80 Å². The van der Waals surface area contributed by atoms with E-state index in [1.54, 1.807) is 0 Å². The third kappa shape index (κ3) is 7.52. The molecule has 3 aliphatic carbocycles. The Balaban J connectivity index is 1.21. The molecule has 0 radical (unpaired) electrons. The summed E-state index contributed by atoms with van der Waals surface area (Å²) < 4.78 is 2.73. The predicted octanol–water partition coefficient (Wildman–Crippen LogP) is 19.1. The van der Waals surface area contributed by atoms with Crippen molar-refractivity contribution in [2.45, 2.75) is 201 Å². The Hall–Kier alpha value is -5.58. The molecule has 8 aromatic rings. The zero-order valence-electron chi connectivity index (χ0n) is 49.9. The van der Waals surface area contributed by atoms with Crippen LogP contribution in [0.3, 0.4) is 0 Å². The van der Waals surface area contributed by atoms with Crippen molar-refractivity contribution in [3.63, 3.8) is 0 Å². The van der Waals surface area contributed by atoms with Gasteiger partial charge in [0.1, 0.15) is 0 Å². The molecule has 0 N–H and O–H groups in total. The van der Waals surface area contributed by atoms with Crippen molar-refractivity contribution in [3.05, 3.63) is 159 Å². The fraction of sp³-hybridized carbons (Fsp3) is 0.425. The molecular formula is C73H83BN2S. The molecule has 0 saturated carbocycles. The standard InChI is InChI=1S/C73H83BN2S/c1-42-20-19-21-43(2)65(42)45-33-61-66-62(34-45)76(58-39-54-51(32-44(58)3)69(9,10)28-30-72(54,15)16)60-41-64-49(48-24-22-46(67(4,5)6)35-63(48)77-64)37-56(60)74(66)57-38-53-55(73(17,18)31-29-71(53,13)14)40-59(57)75(61)47-23-25-50-52(36-47)70(11,12)27-26-68(50,7)8/h19-25,32-41H,26-31H2,1-18H3. The maximum Gasteiger partial charge on any atom is 0.252 e. The molecule has 0 spiro atoms. The minimum Gasteiger partial charge on any atom is -0.311 e. The Kier molecular flexibility index (Phi) is 10.8. The van der Waals surface area contributed by atoms with Crippen LogP contribution in [0.1, 0.15) is 198 Å². The molecule has 7 aromatic carbocycles. The summed E-state index contributed by atoms with van der Waals surface area (Å²) in [6.45, 7) is 44.0. The lowest BCUT2D eigenvalue weighted by Crippen LogP contribution is -2.62. The second kappa shape index (κ2) is 16.3. The lowest BCUT2D eigenvalue weighted by molar-refractivity contribution is 0.332. The van der Waals surface area contributed by atoms with E-state index in [0.717, 1.165) is 0 Å². The number of nitrogens with zero attached hydrogens (tertiary/aromatic N) is 2. The largest absolute Gasteiger partial charge is 0.311 e. The summed E-state index contributed by atoms with van der Waals surface area (Å²) in [4.78, 5) is 5.53. The smallest absolute Gasteiger partial charge is 0.252 e. The summed E-state index contributed by atoms with van der Waals surface area (Å²) in [5.41, 5.74) is 29.5. The molecule has 4 heteroatoms. The number of benzene rings is 7. The third-order valence-corrected chi connectivity index (χ3v) is 21.9. The van der Waals surface area contributed by atoms with Crippen molar-refractivity contribution in [1.29, 1.82) is 0 Å². The van der Waals surface area contributed by atoms with Gasteiger partial charge in [-0.1, -0.05) is 158 Å². The van der Waals surface area contributed by atoms with Gasteiger partial charge in [-0.3, -0.25) is 0 Å². The maximum absolute atomic E-state index is 2.77. The number of fused-ring (bicyclic) bond motifs is 10. The van der Waals surface area contributed by atoms with Gasteiger partial charge in [0.2, 0.25) is 0 Å². The molecule has 0 amide bonds. The van der Waals surface area contributed by atoms with Gasteiger partial charge in [-0.25, -0.2) is 0 Å². The Morgan fingerprint density at radius 2 is 0.896 bits per heavy atom. The Morgan fingerprint density at radius 1 is 0.416 bits per heavy atom. The minimum absolute atomic E-state index is 0.00911. The second-order valence-corrected chi connectivity index (χ2v) is 31.0. The van der Waals surface area contributed by atoms with Crippen LogP contribution in [-0.4, -0.2) is 6.71 Å². The number of rotatable bonds is 3. The lowest BCUT2D eigenvalue weighted by Gasteiger charge is -2.48. The van der Waals surface area contributed by atoms with Crippen LogP contribution in [0.15, 0.2) is 103 Å². The number of anilines is 6. The summed E-state index contributed by atoms with van der Waals surface area (Å²) in [5.74, 6) is 0. The molecule has 0 fully saturated rings. The molecule has 0 atom stereocenters. The normalized spacial score (nSPS) is 19.8. The number of thiophene rings is 1. The number of hydrogen-bond donors (Lipinski definition) is 0. The molecule has 0 bridgehead atoms. The first kappa shape index (κ1) is 50.9. The average Bonchev–Trinajstić information content (AvgIpc) is 3.83. The van der Waals surface area contributed by atoms with Gasteiger partial charge >= 0.3 is 0 Å². The van der Waals surface area contributed by atoms with E-state index in [0.29, 0.717) is 0 Å². The number of hydrogen-bond acceptors (Lipinski definition) is 3. The summed E-state index contributed by atoms with van der Waals surface area (Å²) >= 11 is 1.98. The van der Waals surface area contributed by atoms with Gasteiger partial charge in [0.25, 0.3) is 6.71 Å². The summed E-state index contributed by atoms with van der Waals surface area (Å²) in [6, 6.07) is 43.1.